The summed E-state index contributed by atoms with van der Waals surface area (Å²) in [5.41, 5.74) is 2.01. The van der Waals surface area contributed by atoms with Crippen molar-refractivity contribution in [3.8, 4) is 0 Å². The fraction of sp³-hybridized carbons (Fsp3) is 0.500. The third kappa shape index (κ3) is 3.36. The van der Waals surface area contributed by atoms with Crippen LogP contribution in [0.1, 0.15) is 18.4 Å². The number of hydrogen-bond donors (Lipinski definition) is 1. The fourth-order valence-electron chi connectivity index (χ4n) is 2.15. The molecule has 0 amide bonds. The zero-order valence-electron chi connectivity index (χ0n) is 9.74. The summed E-state index contributed by atoms with van der Waals surface area (Å²) in [7, 11) is -2.86. The first kappa shape index (κ1) is 12.7. The van der Waals surface area contributed by atoms with Crippen LogP contribution in [0.2, 0.25) is 5.02 Å². The van der Waals surface area contributed by atoms with Crippen LogP contribution in [0.15, 0.2) is 18.2 Å². The topological polar surface area (TPSA) is 46.2 Å². The Bertz CT molecular complexity index is 513. The SMILES string of the molecule is Cc1cc(Cl)ccc1NC1CCCS(=O)(=O)C1. The Balaban J connectivity index is 2.10. The van der Waals surface area contributed by atoms with Crippen molar-refractivity contribution in [2.24, 2.45) is 0 Å². The van der Waals surface area contributed by atoms with Crippen molar-refractivity contribution >= 4 is 27.1 Å². The Labute approximate surface area is 107 Å². The molecule has 1 aliphatic rings. The van der Waals surface area contributed by atoms with Crippen LogP contribution in [0, 0.1) is 6.92 Å². The first-order valence-corrected chi connectivity index (χ1v) is 7.89. The van der Waals surface area contributed by atoms with E-state index in [1.165, 1.54) is 0 Å². The molecule has 0 aromatic heterocycles. The predicted octanol–water partition coefficient (Wildman–Crippen LogP) is 2.64. The van der Waals surface area contributed by atoms with Gasteiger partial charge in [-0.2, -0.15) is 0 Å². The first-order valence-electron chi connectivity index (χ1n) is 5.69. The molecule has 1 unspecified atom stereocenters. The highest BCUT2D eigenvalue weighted by Gasteiger charge is 2.24. The predicted molar refractivity (Wildman–Crippen MR) is 71.5 cm³/mol. The van der Waals surface area contributed by atoms with Crippen LogP contribution >= 0.6 is 11.6 Å². The molecule has 1 aliphatic heterocycles. The summed E-state index contributed by atoms with van der Waals surface area (Å²) in [5, 5.41) is 3.99. The minimum atomic E-state index is -2.86. The van der Waals surface area contributed by atoms with Crippen molar-refractivity contribution in [3.05, 3.63) is 28.8 Å². The molecular formula is C12H16ClNO2S. The lowest BCUT2D eigenvalue weighted by Gasteiger charge is -2.24. The molecule has 3 nitrogen and oxygen atoms in total. The maximum atomic E-state index is 11.5. The Morgan fingerprint density at radius 1 is 1.41 bits per heavy atom. The summed E-state index contributed by atoms with van der Waals surface area (Å²) < 4.78 is 23.1. The van der Waals surface area contributed by atoms with Crippen molar-refractivity contribution in [3.63, 3.8) is 0 Å². The van der Waals surface area contributed by atoms with Gasteiger partial charge in [0.1, 0.15) is 0 Å². The Morgan fingerprint density at radius 3 is 2.82 bits per heavy atom. The Hall–Kier alpha value is -0.740. The van der Waals surface area contributed by atoms with Gasteiger partial charge in [0.15, 0.2) is 9.84 Å². The molecule has 2 rings (SSSR count). The van der Waals surface area contributed by atoms with Gasteiger partial charge < -0.3 is 5.32 Å². The van der Waals surface area contributed by atoms with Crippen molar-refractivity contribution in [1.82, 2.24) is 0 Å². The summed E-state index contributed by atoms with van der Waals surface area (Å²) >= 11 is 5.88. The maximum absolute atomic E-state index is 11.5. The monoisotopic (exact) mass is 273 g/mol. The van der Waals surface area contributed by atoms with E-state index in [4.69, 9.17) is 11.6 Å². The maximum Gasteiger partial charge on any atom is 0.152 e. The van der Waals surface area contributed by atoms with Gasteiger partial charge in [0, 0.05) is 16.8 Å². The second-order valence-corrected chi connectivity index (χ2v) is 7.22. The lowest BCUT2D eigenvalue weighted by molar-refractivity contribution is 0.562. The number of sulfone groups is 1. The molecule has 1 aromatic carbocycles. The molecule has 0 aliphatic carbocycles. The highest BCUT2D eigenvalue weighted by molar-refractivity contribution is 7.91. The van der Waals surface area contributed by atoms with Crippen molar-refractivity contribution in [1.29, 1.82) is 0 Å². The van der Waals surface area contributed by atoms with E-state index in [9.17, 15) is 8.42 Å². The normalized spacial score (nSPS) is 23.3. The molecule has 1 heterocycles. The van der Waals surface area contributed by atoms with Gasteiger partial charge in [-0.05, 0) is 43.5 Å². The first-order chi connectivity index (χ1) is 7.96. The minimum absolute atomic E-state index is 0.0219. The van der Waals surface area contributed by atoms with Crippen LogP contribution in [-0.2, 0) is 9.84 Å². The van der Waals surface area contributed by atoms with Crippen LogP contribution in [-0.4, -0.2) is 26.0 Å². The van der Waals surface area contributed by atoms with Gasteiger partial charge in [0.25, 0.3) is 0 Å². The van der Waals surface area contributed by atoms with Crippen LogP contribution in [0.25, 0.3) is 0 Å². The van der Waals surface area contributed by atoms with E-state index >= 15 is 0 Å². The molecule has 94 valence electrons. The number of anilines is 1. The van der Waals surface area contributed by atoms with E-state index in [2.05, 4.69) is 5.32 Å². The number of benzene rings is 1. The van der Waals surface area contributed by atoms with Gasteiger partial charge in [-0.25, -0.2) is 8.42 Å². The Morgan fingerprint density at radius 2 is 2.18 bits per heavy atom. The highest BCUT2D eigenvalue weighted by atomic mass is 35.5. The standard InChI is InChI=1S/C12H16ClNO2S/c1-9-7-10(13)4-5-12(9)14-11-3-2-6-17(15,16)8-11/h4-5,7,11,14H,2-3,6,8H2,1H3. The molecule has 1 fully saturated rings. The number of hydrogen-bond acceptors (Lipinski definition) is 3. The van der Waals surface area contributed by atoms with E-state index in [0.29, 0.717) is 10.8 Å². The molecule has 1 N–H and O–H groups in total. The third-order valence-electron chi connectivity index (χ3n) is 3.01. The average molecular weight is 274 g/mol. The zero-order chi connectivity index (χ0) is 12.5. The smallest absolute Gasteiger partial charge is 0.152 e. The Kier molecular flexibility index (Phi) is 3.64. The molecule has 5 heteroatoms. The summed E-state index contributed by atoms with van der Waals surface area (Å²) in [6, 6.07) is 5.61. The fourth-order valence-corrected chi connectivity index (χ4v) is 4.01. The van der Waals surface area contributed by atoms with E-state index in [0.717, 1.165) is 24.1 Å². The number of halogens is 1. The summed E-state index contributed by atoms with van der Waals surface area (Å²) in [5.74, 6) is 0.555. The van der Waals surface area contributed by atoms with Gasteiger partial charge >= 0.3 is 0 Å². The molecule has 0 radical (unpaired) electrons. The molecule has 1 aromatic rings. The van der Waals surface area contributed by atoms with Gasteiger partial charge in [-0.1, -0.05) is 11.6 Å². The number of rotatable bonds is 2. The minimum Gasteiger partial charge on any atom is -0.381 e. The zero-order valence-corrected chi connectivity index (χ0v) is 11.3. The van der Waals surface area contributed by atoms with E-state index in [-0.39, 0.29) is 11.8 Å². The lowest BCUT2D eigenvalue weighted by atomic mass is 10.1. The molecule has 1 atom stereocenters. The van der Waals surface area contributed by atoms with Crippen LogP contribution in [0.5, 0.6) is 0 Å². The molecule has 0 spiro atoms. The van der Waals surface area contributed by atoms with E-state index in [1.54, 1.807) is 0 Å². The van der Waals surface area contributed by atoms with Gasteiger partial charge in [0.05, 0.1) is 11.5 Å². The molecule has 0 bridgehead atoms. The second kappa shape index (κ2) is 4.86. The molecule has 0 saturated carbocycles. The second-order valence-electron chi connectivity index (χ2n) is 4.56. The summed E-state index contributed by atoms with van der Waals surface area (Å²) in [4.78, 5) is 0. The van der Waals surface area contributed by atoms with E-state index in [1.807, 2.05) is 25.1 Å². The molecule has 17 heavy (non-hydrogen) atoms. The molecular weight excluding hydrogens is 258 g/mol. The van der Waals surface area contributed by atoms with Crippen molar-refractivity contribution in [2.45, 2.75) is 25.8 Å². The van der Waals surface area contributed by atoms with Crippen LogP contribution in [0.4, 0.5) is 5.69 Å². The summed E-state index contributed by atoms with van der Waals surface area (Å²) in [6.07, 6.45) is 1.65. The molecule has 1 saturated heterocycles. The van der Waals surface area contributed by atoms with E-state index < -0.39 is 9.84 Å². The van der Waals surface area contributed by atoms with Crippen LogP contribution < -0.4 is 5.32 Å². The van der Waals surface area contributed by atoms with Gasteiger partial charge in [-0.3, -0.25) is 0 Å². The highest BCUT2D eigenvalue weighted by Crippen LogP contribution is 2.23. The van der Waals surface area contributed by atoms with Gasteiger partial charge in [0.2, 0.25) is 0 Å². The largest absolute Gasteiger partial charge is 0.381 e. The number of aryl methyl sites for hydroxylation is 1. The van der Waals surface area contributed by atoms with Crippen molar-refractivity contribution in [2.75, 3.05) is 16.8 Å². The third-order valence-corrected chi connectivity index (χ3v) is 5.07. The quantitative estimate of drug-likeness (QED) is 0.901. The summed E-state index contributed by atoms with van der Waals surface area (Å²) in [6.45, 7) is 1.96. The average Bonchev–Trinajstić information content (AvgIpc) is 2.21. The van der Waals surface area contributed by atoms with Crippen LogP contribution in [0.3, 0.4) is 0 Å². The lowest BCUT2D eigenvalue weighted by Crippen LogP contribution is -2.34. The number of nitrogens with one attached hydrogen (secondary N) is 1. The van der Waals surface area contributed by atoms with Crippen molar-refractivity contribution < 1.29 is 8.42 Å². The van der Waals surface area contributed by atoms with Gasteiger partial charge in [-0.15, -0.1) is 0 Å².